The van der Waals surface area contributed by atoms with Crippen LogP contribution in [-0.2, 0) is 12.8 Å². The molecule has 1 N–H and O–H groups in total. The van der Waals surface area contributed by atoms with Crippen molar-refractivity contribution in [2.24, 2.45) is 0 Å². The van der Waals surface area contributed by atoms with Crippen molar-refractivity contribution in [3.63, 3.8) is 0 Å². The van der Waals surface area contributed by atoms with Crippen LogP contribution >= 0.6 is 11.7 Å². The minimum atomic E-state index is 0.743. The first-order valence-corrected chi connectivity index (χ1v) is 7.05. The lowest BCUT2D eigenvalue weighted by Gasteiger charge is -2.03. The number of nitrogens with one attached hydrogen (secondary N) is 1. The maximum atomic E-state index is 4.45. The van der Waals surface area contributed by atoms with Crippen LogP contribution in [0.2, 0.25) is 0 Å². The van der Waals surface area contributed by atoms with E-state index in [1.807, 2.05) is 6.20 Å². The highest BCUT2D eigenvalue weighted by atomic mass is 32.1. The van der Waals surface area contributed by atoms with Crippen molar-refractivity contribution < 1.29 is 0 Å². The van der Waals surface area contributed by atoms with Crippen LogP contribution in [0.1, 0.15) is 37.2 Å². The van der Waals surface area contributed by atoms with Crippen molar-refractivity contribution in [2.75, 3.05) is 11.9 Å². The Kier molecular flexibility index (Phi) is 4.64. The first-order chi connectivity index (χ1) is 8.83. The Morgan fingerprint density at radius 3 is 2.78 bits per heavy atom. The SMILES string of the molecule is CCCNc1nsnc1Cc1ccc(CC)cn1. The molecule has 18 heavy (non-hydrogen) atoms. The molecule has 0 aliphatic heterocycles. The quantitative estimate of drug-likeness (QED) is 0.869. The van der Waals surface area contributed by atoms with Crippen LogP contribution in [0.3, 0.4) is 0 Å². The van der Waals surface area contributed by atoms with Gasteiger partial charge in [0.15, 0.2) is 5.82 Å². The average molecular weight is 262 g/mol. The molecule has 2 aromatic rings. The van der Waals surface area contributed by atoms with E-state index in [-0.39, 0.29) is 0 Å². The third kappa shape index (κ3) is 3.26. The van der Waals surface area contributed by atoms with E-state index in [4.69, 9.17) is 0 Å². The third-order valence-corrected chi connectivity index (χ3v) is 3.31. The maximum absolute atomic E-state index is 4.45. The lowest BCUT2D eigenvalue weighted by atomic mass is 10.1. The standard InChI is InChI=1S/C13H18N4S/c1-3-7-14-13-12(16-18-17-13)8-11-6-5-10(4-2)9-15-11/h5-6,9H,3-4,7-8H2,1-2H3,(H,14,17). The second-order valence-corrected chi connectivity index (χ2v) is 4.70. The molecule has 2 rings (SSSR count). The summed E-state index contributed by atoms with van der Waals surface area (Å²) >= 11 is 1.25. The minimum absolute atomic E-state index is 0.743. The molecule has 4 nitrogen and oxygen atoms in total. The summed E-state index contributed by atoms with van der Waals surface area (Å²) < 4.78 is 8.61. The largest absolute Gasteiger partial charge is 0.368 e. The molecule has 2 heterocycles. The number of nitrogens with zero attached hydrogens (tertiary/aromatic N) is 3. The molecule has 0 spiro atoms. The number of hydrogen-bond acceptors (Lipinski definition) is 5. The highest BCUT2D eigenvalue weighted by Crippen LogP contribution is 2.16. The van der Waals surface area contributed by atoms with Gasteiger partial charge in [-0.25, -0.2) is 0 Å². The van der Waals surface area contributed by atoms with Crippen molar-refractivity contribution >= 4 is 17.5 Å². The highest BCUT2D eigenvalue weighted by Gasteiger charge is 2.08. The summed E-state index contributed by atoms with van der Waals surface area (Å²) in [4.78, 5) is 4.45. The molecular formula is C13H18N4S. The van der Waals surface area contributed by atoms with Gasteiger partial charge in [0.2, 0.25) is 0 Å². The van der Waals surface area contributed by atoms with Crippen LogP contribution in [-0.4, -0.2) is 20.3 Å². The molecule has 96 valence electrons. The zero-order chi connectivity index (χ0) is 12.8. The molecule has 0 saturated carbocycles. The highest BCUT2D eigenvalue weighted by molar-refractivity contribution is 6.99. The van der Waals surface area contributed by atoms with E-state index in [0.717, 1.165) is 43.0 Å². The zero-order valence-electron chi connectivity index (χ0n) is 10.8. The molecule has 0 atom stereocenters. The molecule has 0 bridgehead atoms. The van der Waals surface area contributed by atoms with Gasteiger partial charge in [-0.05, 0) is 24.5 Å². The normalized spacial score (nSPS) is 10.6. The molecule has 0 aromatic carbocycles. The van der Waals surface area contributed by atoms with E-state index >= 15 is 0 Å². The summed E-state index contributed by atoms with van der Waals surface area (Å²) in [6.45, 7) is 5.20. The van der Waals surface area contributed by atoms with Gasteiger partial charge in [-0.15, -0.1) is 0 Å². The van der Waals surface area contributed by atoms with E-state index in [1.165, 1.54) is 17.3 Å². The Hall–Kier alpha value is -1.49. The van der Waals surface area contributed by atoms with E-state index in [9.17, 15) is 0 Å². The summed E-state index contributed by atoms with van der Waals surface area (Å²) in [6.07, 6.45) is 4.79. The predicted octanol–water partition coefficient (Wildman–Crippen LogP) is 2.91. The maximum Gasteiger partial charge on any atom is 0.163 e. The third-order valence-electron chi connectivity index (χ3n) is 2.74. The van der Waals surface area contributed by atoms with E-state index < -0.39 is 0 Å². The average Bonchev–Trinajstić information content (AvgIpc) is 2.84. The molecule has 5 heteroatoms. The molecule has 0 radical (unpaired) electrons. The lowest BCUT2D eigenvalue weighted by Crippen LogP contribution is -2.04. The first kappa shape index (κ1) is 13.0. The molecule has 0 aliphatic rings. The Morgan fingerprint density at radius 1 is 1.22 bits per heavy atom. The molecule has 0 saturated heterocycles. The number of aryl methyl sites for hydroxylation is 1. The monoisotopic (exact) mass is 262 g/mol. The van der Waals surface area contributed by atoms with Crippen molar-refractivity contribution in [1.29, 1.82) is 0 Å². The zero-order valence-corrected chi connectivity index (χ0v) is 11.6. The molecule has 0 amide bonds. The smallest absolute Gasteiger partial charge is 0.163 e. The number of hydrogen-bond donors (Lipinski definition) is 1. The number of aromatic nitrogens is 3. The van der Waals surface area contributed by atoms with Crippen LogP contribution in [0.25, 0.3) is 0 Å². The van der Waals surface area contributed by atoms with Crippen LogP contribution in [0, 0.1) is 0 Å². The Morgan fingerprint density at radius 2 is 2.11 bits per heavy atom. The summed E-state index contributed by atoms with van der Waals surface area (Å²) in [5, 5.41) is 3.29. The molecule has 0 fully saturated rings. The second-order valence-electron chi connectivity index (χ2n) is 4.17. The first-order valence-electron chi connectivity index (χ1n) is 6.32. The van der Waals surface area contributed by atoms with E-state index in [2.05, 4.69) is 45.0 Å². The van der Waals surface area contributed by atoms with Crippen LogP contribution in [0.5, 0.6) is 0 Å². The van der Waals surface area contributed by atoms with Crippen molar-refractivity contribution in [1.82, 2.24) is 13.7 Å². The number of anilines is 1. The van der Waals surface area contributed by atoms with Gasteiger partial charge < -0.3 is 5.32 Å². The van der Waals surface area contributed by atoms with Gasteiger partial charge >= 0.3 is 0 Å². The van der Waals surface area contributed by atoms with Gasteiger partial charge in [-0.1, -0.05) is 19.9 Å². The summed E-state index contributed by atoms with van der Waals surface area (Å²) in [5.41, 5.74) is 3.30. The predicted molar refractivity (Wildman–Crippen MR) is 75.1 cm³/mol. The summed E-state index contributed by atoms with van der Waals surface area (Å²) in [5.74, 6) is 0.906. The summed E-state index contributed by atoms with van der Waals surface area (Å²) in [7, 11) is 0. The number of pyridine rings is 1. The molecular weight excluding hydrogens is 244 g/mol. The fraction of sp³-hybridized carbons (Fsp3) is 0.462. The van der Waals surface area contributed by atoms with Gasteiger partial charge in [0.25, 0.3) is 0 Å². The van der Waals surface area contributed by atoms with Crippen LogP contribution in [0.15, 0.2) is 18.3 Å². The van der Waals surface area contributed by atoms with Crippen molar-refractivity contribution in [3.8, 4) is 0 Å². The number of rotatable bonds is 6. The Balaban J connectivity index is 2.05. The summed E-state index contributed by atoms with van der Waals surface area (Å²) in [6, 6.07) is 4.20. The van der Waals surface area contributed by atoms with Crippen LogP contribution < -0.4 is 5.32 Å². The fourth-order valence-corrected chi connectivity index (χ4v) is 2.18. The Bertz CT molecular complexity index is 478. The fourth-order valence-electron chi connectivity index (χ4n) is 1.64. The van der Waals surface area contributed by atoms with Gasteiger partial charge in [0.05, 0.1) is 11.7 Å². The topological polar surface area (TPSA) is 50.7 Å². The van der Waals surface area contributed by atoms with Gasteiger partial charge in [0, 0.05) is 24.9 Å². The van der Waals surface area contributed by atoms with E-state index in [1.54, 1.807) is 0 Å². The Labute approximate surface area is 112 Å². The van der Waals surface area contributed by atoms with Crippen molar-refractivity contribution in [2.45, 2.75) is 33.1 Å². The lowest BCUT2D eigenvalue weighted by molar-refractivity contribution is 0.958. The van der Waals surface area contributed by atoms with Crippen LogP contribution in [0.4, 0.5) is 5.82 Å². The molecule has 0 aliphatic carbocycles. The van der Waals surface area contributed by atoms with Gasteiger partial charge in [-0.3, -0.25) is 4.98 Å². The van der Waals surface area contributed by atoms with E-state index in [0.29, 0.717) is 0 Å². The van der Waals surface area contributed by atoms with Gasteiger partial charge in [0.1, 0.15) is 5.69 Å². The molecule has 2 aromatic heterocycles. The minimum Gasteiger partial charge on any atom is -0.368 e. The second kappa shape index (κ2) is 6.44. The van der Waals surface area contributed by atoms with Crippen molar-refractivity contribution in [3.05, 3.63) is 35.3 Å². The van der Waals surface area contributed by atoms with Gasteiger partial charge in [-0.2, -0.15) is 8.75 Å². The molecule has 0 unspecified atom stereocenters.